The third-order valence-electron chi connectivity index (χ3n) is 4.87. The van der Waals surface area contributed by atoms with Crippen LogP contribution in [0.15, 0.2) is 0 Å². The maximum atomic E-state index is 10.8. The van der Waals surface area contributed by atoms with Gasteiger partial charge in [-0.05, 0) is 56.3 Å². The first-order valence-corrected chi connectivity index (χ1v) is 7.67. The highest BCUT2D eigenvalue weighted by Gasteiger charge is 2.51. The number of aliphatic carboxylic acids is 1. The summed E-state index contributed by atoms with van der Waals surface area (Å²) in [5.74, 6) is 2.50. The van der Waals surface area contributed by atoms with Crippen molar-refractivity contribution in [1.82, 2.24) is 0 Å². The van der Waals surface area contributed by atoms with Gasteiger partial charge >= 0.3 is 5.97 Å². The van der Waals surface area contributed by atoms with Crippen LogP contribution in [0.25, 0.3) is 0 Å². The molecule has 18 heavy (non-hydrogen) atoms. The zero-order chi connectivity index (χ0) is 12.0. The van der Waals surface area contributed by atoms with Crippen LogP contribution < -0.4 is 5.73 Å². The summed E-state index contributed by atoms with van der Waals surface area (Å²) in [5.41, 5.74) is 5.63. The second-order valence-electron chi connectivity index (χ2n) is 6.36. The normalized spacial score (nSPS) is 42.4. The molecule has 0 aromatic rings. The van der Waals surface area contributed by atoms with Crippen LogP contribution in [0.5, 0.6) is 0 Å². The molecule has 0 saturated heterocycles. The molecule has 5 heteroatoms. The van der Waals surface area contributed by atoms with E-state index in [2.05, 4.69) is 0 Å². The van der Waals surface area contributed by atoms with Gasteiger partial charge in [0.15, 0.2) is 0 Å². The minimum Gasteiger partial charge on any atom is -0.480 e. The van der Waals surface area contributed by atoms with Gasteiger partial charge in [0.05, 0.1) is 0 Å². The topological polar surface area (TPSA) is 63.3 Å². The SMILES string of the molecule is Cl.NC(CSC12CC3CC(CC(C3)C1)C2)C(=O)O. The fourth-order valence-electron chi connectivity index (χ4n) is 4.55. The standard InChI is InChI=1S/C13H21NO2S.ClH/c14-11(12(15)16)7-17-13-4-8-1-9(5-13)3-10(2-8)6-13;/h8-11H,1-7,14H2,(H,15,16);1H. The first kappa shape index (κ1) is 14.5. The first-order chi connectivity index (χ1) is 8.06. The van der Waals surface area contributed by atoms with Crippen LogP contribution in [0.3, 0.4) is 0 Å². The van der Waals surface area contributed by atoms with Gasteiger partial charge in [-0.15, -0.1) is 12.4 Å². The van der Waals surface area contributed by atoms with Gasteiger partial charge in [-0.25, -0.2) is 0 Å². The highest BCUT2D eigenvalue weighted by atomic mass is 35.5. The Balaban J connectivity index is 0.00000120. The highest BCUT2D eigenvalue weighted by Crippen LogP contribution is 2.60. The Kier molecular flexibility index (Phi) is 4.20. The van der Waals surface area contributed by atoms with Crippen molar-refractivity contribution < 1.29 is 9.90 Å². The summed E-state index contributed by atoms with van der Waals surface area (Å²) in [5, 5.41) is 8.86. The van der Waals surface area contributed by atoms with Crippen LogP contribution in [0, 0.1) is 17.8 Å². The van der Waals surface area contributed by atoms with E-state index in [0.29, 0.717) is 10.5 Å². The predicted molar refractivity (Wildman–Crippen MR) is 76.2 cm³/mol. The molecule has 0 heterocycles. The van der Waals surface area contributed by atoms with E-state index in [9.17, 15) is 4.79 Å². The van der Waals surface area contributed by atoms with E-state index in [1.54, 1.807) is 0 Å². The number of carboxylic acids is 1. The molecule has 0 aliphatic heterocycles. The lowest BCUT2D eigenvalue weighted by Gasteiger charge is -2.56. The zero-order valence-electron chi connectivity index (χ0n) is 10.5. The molecule has 4 aliphatic rings. The maximum Gasteiger partial charge on any atom is 0.321 e. The summed E-state index contributed by atoms with van der Waals surface area (Å²) in [6.07, 6.45) is 8.25. The van der Waals surface area contributed by atoms with Gasteiger partial charge in [0.1, 0.15) is 6.04 Å². The number of carboxylic acid groups (broad SMARTS) is 1. The quantitative estimate of drug-likeness (QED) is 0.835. The van der Waals surface area contributed by atoms with Gasteiger partial charge < -0.3 is 10.8 Å². The van der Waals surface area contributed by atoms with Crippen molar-refractivity contribution in [2.45, 2.75) is 49.3 Å². The lowest BCUT2D eigenvalue weighted by Crippen LogP contribution is -2.49. The van der Waals surface area contributed by atoms with Crippen molar-refractivity contribution in [2.75, 3.05) is 5.75 Å². The molecule has 1 unspecified atom stereocenters. The van der Waals surface area contributed by atoms with Gasteiger partial charge in [0, 0.05) is 10.5 Å². The van der Waals surface area contributed by atoms with Gasteiger partial charge in [-0.1, -0.05) is 0 Å². The van der Waals surface area contributed by atoms with Crippen LogP contribution in [-0.4, -0.2) is 27.6 Å². The summed E-state index contributed by atoms with van der Waals surface area (Å²) in [7, 11) is 0. The summed E-state index contributed by atoms with van der Waals surface area (Å²) in [6.45, 7) is 0. The first-order valence-electron chi connectivity index (χ1n) is 6.69. The highest BCUT2D eigenvalue weighted by molar-refractivity contribution is 8.00. The van der Waals surface area contributed by atoms with E-state index in [1.807, 2.05) is 11.8 Å². The van der Waals surface area contributed by atoms with Gasteiger partial charge in [0.2, 0.25) is 0 Å². The summed E-state index contributed by atoms with van der Waals surface area (Å²) in [4.78, 5) is 10.8. The van der Waals surface area contributed by atoms with Crippen molar-refractivity contribution in [3.63, 3.8) is 0 Å². The van der Waals surface area contributed by atoms with Crippen LogP contribution >= 0.6 is 24.2 Å². The molecule has 3 N–H and O–H groups in total. The molecule has 4 bridgehead atoms. The third-order valence-corrected chi connectivity index (χ3v) is 6.51. The molecule has 1 atom stereocenters. The minimum atomic E-state index is -0.859. The molecule has 0 radical (unpaired) electrons. The average Bonchev–Trinajstić information content (AvgIpc) is 2.24. The van der Waals surface area contributed by atoms with E-state index in [-0.39, 0.29) is 12.4 Å². The van der Waals surface area contributed by atoms with E-state index in [1.165, 1.54) is 38.5 Å². The van der Waals surface area contributed by atoms with Crippen LogP contribution in [-0.2, 0) is 4.79 Å². The van der Waals surface area contributed by atoms with Crippen molar-refractivity contribution in [1.29, 1.82) is 0 Å². The molecule has 0 aromatic carbocycles. The lowest BCUT2D eigenvalue weighted by atomic mass is 9.56. The van der Waals surface area contributed by atoms with Crippen molar-refractivity contribution in [3.8, 4) is 0 Å². The number of halogens is 1. The molecule has 3 nitrogen and oxygen atoms in total. The number of thioether (sulfide) groups is 1. The van der Waals surface area contributed by atoms with Gasteiger partial charge in [-0.3, -0.25) is 4.79 Å². The molecule has 4 saturated carbocycles. The zero-order valence-corrected chi connectivity index (χ0v) is 12.1. The Morgan fingerprint density at radius 1 is 1.22 bits per heavy atom. The third kappa shape index (κ3) is 2.66. The van der Waals surface area contributed by atoms with Crippen molar-refractivity contribution >= 4 is 30.1 Å². The fourth-order valence-corrected chi connectivity index (χ4v) is 6.28. The van der Waals surface area contributed by atoms with E-state index < -0.39 is 12.0 Å². The summed E-state index contributed by atoms with van der Waals surface area (Å²) < 4.78 is 0.391. The molecule has 0 amide bonds. The van der Waals surface area contributed by atoms with Crippen molar-refractivity contribution in [2.24, 2.45) is 23.5 Å². The Hall–Kier alpha value is 0.0700. The Bertz CT molecular complexity index is 302. The number of carbonyl (C=O) groups is 1. The lowest BCUT2D eigenvalue weighted by molar-refractivity contribution is -0.137. The average molecular weight is 292 g/mol. The van der Waals surface area contributed by atoms with E-state index in [4.69, 9.17) is 10.8 Å². The molecule has 0 spiro atoms. The number of rotatable bonds is 4. The smallest absolute Gasteiger partial charge is 0.321 e. The minimum absolute atomic E-state index is 0. The summed E-state index contributed by atoms with van der Waals surface area (Å²) >= 11 is 1.86. The van der Waals surface area contributed by atoms with Crippen LogP contribution in [0.2, 0.25) is 0 Å². The largest absolute Gasteiger partial charge is 0.480 e. The second kappa shape index (κ2) is 5.22. The van der Waals surface area contributed by atoms with Gasteiger partial charge in [-0.2, -0.15) is 11.8 Å². The Morgan fingerprint density at radius 3 is 2.06 bits per heavy atom. The molecular weight excluding hydrogens is 270 g/mol. The second-order valence-corrected chi connectivity index (χ2v) is 7.84. The van der Waals surface area contributed by atoms with Crippen molar-refractivity contribution in [3.05, 3.63) is 0 Å². The maximum absolute atomic E-state index is 10.8. The predicted octanol–water partition coefficient (Wildman–Crippen LogP) is 2.52. The summed E-state index contributed by atoms with van der Waals surface area (Å²) in [6, 6.07) is -0.687. The molecule has 4 aliphatic carbocycles. The number of hydrogen-bond acceptors (Lipinski definition) is 3. The van der Waals surface area contributed by atoms with E-state index >= 15 is 0 Å². The number of hydrogen-bond donors (Lipinski definition) is 2. The molecule has 0 aromatic heterocycles. The monoisotopic (exact) mass is 291 g/mol. The molecule has 4 fully saturated rings. The molecular formula is C13H22ClNO2S. The Morgan fingerprint density at radius 2 is 1.67 bits per heavy atom. The van der Waals surface area contributed by atoms with Gasteiger partial charge in [0.25, 0.3) is 0 Å². The van der Waals surface area contributed by atoms with Crippen LogP contribution in [0.1, 0.15) is 38.5 Å². The fraction of sp³-hybridized carbons (Fsp3) is 0.923. The number of nitrogens with two attached hydrogens (primary N) is 1. The molecule has 104 valence electrons. The Labute approximate surface area is 119 Å². The van der Waals surface area contributed by atoms with E-state index in [0.717, 1.165) is 17.8 Å². The molecule has 4 rings (SSSR count). The van der Waals surface area contributed by atoms with Crippen LogP contribution in [0.4, 0.5) is 0 Å².